The van der Waals surface area contributed by atoms with Crippen molar-refractivity contribution >= 4 is 11.8 Å². The number of hydrogen-bond donors (Lipinski definition) is 0. The van der Waals surface area contributed by atoms with E-state index >= 15 is 0 Å². The van der Waals surface area contributed by atoms with Gasteiger partial charge in [-0.2, -0.15) is 11.8 Å². The van der Waals surface area contributed by atoms with Gasteiger partial charge in [-0.25, -0.2) is 0 Å². The van der Waals surface area contributed by atoms with Crippen molar-refractivity contribution < 1.29 is 4.74 Å². The van der Waals surface area contributed by atoms with Crippen LogP contribution in [0, 0.1) is 0 Å². The van der Waals surface area contributed by atoms with E-state index < -0.39 is 0 Å². The Kier molecular flexibility index (Phi) is 2.11. The maximum atomic E-state index is 5.54. The van der Waals surface area contributed by atoms with Gasteiger partial charge in [0, 0.05) is 18.6 Å². The van der Waals surface area contributed by atoms with E-state index in [0.29, 0.717) is 0 Å². The van der Waals surface area contributed by atoms with E-state index in [-0.39, 0.29) is 5.60 Å². The average molecular weight is 180 g/mol. The van der Waals surface area contributed by atoms with E-state index in [4.69, 9.17) is 4.74 Å². The summed E-state index contributed by atoms with van der Waals surface area (Å²) in [5.41, 5.74) is 1.33. The molecular formula is C10H12OS. The Hall–Kier alpha value is -0.470. The minimum absolute atomic E-state index is 0.0198. The van der Waals surface area contributed by atoms with Gasteiger partial charge in [-0.1, -0.05) is 30.3 Å². The van der Waals surface area contributed by atoms with Gasteiger partial charge in [-0.3, -0.25) is 0 Å². The van der Waals surface area contributed by atoms with Crippen molar-refractivity contribution in [1.82, 2.24) is 0 Å². The Bertz CT molecular complexity index is 248. The molecule has 0 N–H and O–H groups in total. The summed E-state index contributed by atoms with van der Waals surface area (Å²) in [6.45, 7) is 0. The first-order valence-electron chi connectivity index (χ1n) is 4.06. The second kappa shape index (κ2) is 3.11. The van der Waals surface area contributed by atoms with Gasteiger partial charge in [0.1, 0.15) is 5.60 Å². The molecule has 0 amide bonds. The molecule has 1 nitrogen and oxygen atoms in total. The van der Waals surface area contributed by atoms with E-state index in [1.807, 2.05) is 17.8 Å². The number of rotatable bonds is 2. The molecular weight excluding hydrogens is 168 g/mol. The number of thioether (sulfide) groups is 1. The molecule has 0 unspecified atom stereocenters. The van der Waals surface area contributed by atoms with Crippen LogP contribution in [-0.2, 0) is 10.3 Å². The SMILES string of the molecule is COC1(c2ccccc2)CSC1. The van der Waals surface area contributed by atoms with Crippen LogP contribution in [0.4, 0.5) is 0 Å². The summed E-state index contributed by atoms with van der Waals surface area (Å²) < 4.78 is 5.54. The molecule has 0 atom stereocenters. The van der Waals surface area contributed by atoms with E-state index in [1.54, 1.807) is 7.11 Å². The molecule has 0 radical (unpaired) electrons. The molecule has 0 aromatic heterocycles. The van der Waals surface area contributed by atoms with Crippen molar-refractivity contribution in [2.24, 2.45) is 0 Å². The van der Waals surface area contributed by atoms with Crippen LogP contribution >= 0.6 is 11.8 Å². The second-order valence-electron chi connectivity index (χ2n) is 3.06. The van der Waals surface area contributed by atoms with Crippen LogP contribution in [0.1, 0.15) is 5.56 Å². The molecule has 64 valence electrons. The van der Waals surface area contributed by atoms with Gasteiger partial charge in [0.2, 0.25) is 0 Å². The van der Waals surface area contributed by atoms with Crippen LogP contribution in [-0.4, -0.2) is 18.6 Å². The maximum absolute atomic E-state index is 5.54. The van der Waals surface area contributed by atoms with Crippen molar-refractivity contribution in [3.05, 3.63) is 35.9 Å². The number of hydrogen-bond acceptors (Lipinski definition) is 2. The maximum Gasteiger partial charge on any atom is 0.111 e. The van der Waals surface area contributed by atoms with Gasteiger partial charge < -0.3 is 4.74 Å². The molecule has 2 rings (SSSR count). The highest BCUT2D eigenvalue weighted by atomic mass is 32.2. The molecule has 0 saturated carbocycles. The van der Waals surface area contributed by atoms with E-state index in [1.165, 1.54) is 5.56 Å². The largest absolute Gasteiger partial charge is 0.372 e. The predicted molar refractivity (Wildman–Crippen MR) is 52.5 cm³/mol. The summed E-state index contributed by atoms with van der Waals surface area (Å²) >= 11 is 1.94. The fraction of sp³-hybridized carbons (Fsp3) is 0.400. The zero-order valence-corrected chi connectivity index (χ0v) is 7.93. The highest BCUT2D eigenvalue weighted by molar-refractivity contribution is 8.00. The monoisotopic (exact) mass is 180 g/mol. The lowest BCUT2D eigenvalue weighted by atomic mass is 9.97. The second-order valence-corrected chi connectivity index (χ2v) is 4.04. The van der Waals surface area contributed by atoms with Crippen molar-refractivity contribution in [3.63, 3.8) is 0 Å². The van der Waals surface area contributed by atoms with Crippen LogP contribution in [0.15, 0.2) is 30.3 Å². The fourth-order valence-corrected chi connectivity index (χ4v) is 2.58. The summed E-state index contributed by atoms with van der Waals surface area (Å²) in [5.74, 6) is 2.18. The van der Waals surface area contributed by atoms with Gasteiger partial charge in [0.25, 0.3) is 0 Å². The van der Waals surface area contributed by atoms with E-state index in [0.717, 1.165) is 11.5 Å². The van der Waals surface area contributed by atoms with Gasteiger partial charge in [0.15, 0.2) is 0 Å². The molecule has 0 spiro atoms. The molecule has 0 aliphatic carbocycles. The lowest BCUT2D eigenvalue weighted by Crippen LogP contribution is -2.41. The topological polar surface area (TPSA) is 9.23 Å². The third kappa shape index (κ3) is 1.15. The fourth-order valence-electron chi connectivity index (χ4n) is 1.43. The van der Waals surface area contributed by atoms with Crippen LogP contribution in [0.5, 0.6) is 0 Å². The molecule has 1 aromatic rings. The molecule has 1 saturated heterocycles. The highest BCUT2D eigenvalue weighted by Crippen LogP contribution is 2.41. The van der Waals surface area contributed by atoms with Gasteiger partial charge in [-0.15, -0.1) is 0 Å². The number of ether oxygens (including phenoxy) is 1. The number of benzene rings is 1. The normalized spacial score (nSPS) is 20.1. The minimum atomic E-state index is 0.0198. The molecule has 1 aromatic carbocycles. The summed E-state index contributed by atoms with van der Waals surface area (Å²) in [6, 6.07) is 10.5. The van der Waals surface area contributed by atoms with Gasteiger partial charge in [-0.05, 0) is 5.56 Å². The third-order valence-electron chi connectivity index (χ3n) is 2.36. The van der Waals surface area contributed by atoms with Crippen molar-refractivity contribution in [1.29, 1.82) is 0 Å². The van der Waals surface area contributed by atoms with Crippen molar-refractivity contribution in [3.8, 4) is 0 Å². The van der Waals surface area contributed by atoms with Crippen LogP contribution in [0.25, 0.3) is 0 Å². The molecule has 0 bridgehead atoms. The summed E-state index contributed by atoms with van der Waals surface area (Å²) in [7, 11) is 1.80. The standard InChI is InChI=1S/C10H12OS/c1-11-10(7-12-8-10)9-5-3-2-4-6-9/h2-6H,7-8H2,1H3. The Balaban J connectivity index is 2.28. The van der Waals surface area contributed by atoms with Crippen molar-refractivity contribution in [2.45, 2.75) is 5.60 Å². The van der Waals surface area contributed by atoms with E-state index in [9.17, 15) is 0 Å². The zero-order valence-electron chi connectivity index (χ0n) is 7.12. The minimum Gasteiger partial charge on any atom is -0.372 e. The lowest BCUT2D eigenvalue weighted by Gasteiger charge is -2.40. The van der Waals surface area contributed by atoms with Crippen LogP contribution in [0.3, 0.4) is 0 Å². The number of methoxy groups -OCH3 is 1. The highest BCUT2D eigenvalue weighted by Gasteiger charge is 2.39. The molecule has 1 aliphatic rings. The molecule has 2 heteroatoms. The third-order valence-corrected chi connectivity index (χ3v) is 3.70. The lowest BCUT2D eigenvalue weighted by molar-refractivity contribution is 0.0180. The smallest absolute Gasteiger partial charge is 0.111 e. The molecule has 12 heavy (non-hydrogen) atoms. The predicted octanol–water partition coefficient (Wildman–Crippen LogP) is 2.28. The van der Waals surface area contributed by atoms with Gasteiger partial charge in [0.05, 0.1) is 0 Å². The average Bonchev–Trinajstić information content (AvgIpc) is 2.05. The summed E-state index contributed by atoms with van der Waals surface area (Å²) in [6.07, 6.45) is 0. The Labute approximate surface area is 77.1 Å². The quantitative estimate of drug-likeness (QED) is 0.690. The Morgan fingerprint density at radius 1 is 1.25 bits per heavy atom. The zero-order chi connectivity index (χ0) is 8.44. The van der Waals surface area contributed by atoms with E-state index in [2.05, 4.69) is 24.3 Å². The first kappa shape index (κ1) is 8.14. The van der Waals surface area contributed by atoms with Crippen molar-refractivity contribution in [2.75, 3.05) is 18.6 Å². The Morgan fingerprint density at radius 2 is 1.92 bits per heavy atom. The van der Waals surface area contributed by atoms with Gasteiger partial charge >= 0.3 is 0 Å². The van der Waals surface area contributed by atoms with Crippen LogP contribution < -0.4 is 0 Å². The molecule has 1 fully saturated rings. The van der Waals surface area contributed by atoms with Crippen LogP contribution in [0.2, 0.25) is 0 Å². The Morgan fingerprint density at radius 3 is 2.33 bits per heavy atom. The summed E-state index contributed by atoms with van der Waals surface area (Å²) in [5, 5.41) is 0. The first-order chi connectivity index (χ1) is 5.87. The first-order valence-corrected chi connectivity index (χ1v) is 5.21. The summed E-state index contributed by atoms with van der Waals surface area (Å²) in [4.78, 5) is 0. The molecule has 1 heterocycles. The molecule has 1 aliphatic heterocycles.